The molecule has 4 rings (SSSR count). The lowest BCUT2D eigenvalue weighted by Crippen LogP contribution is -2.05. The molecule has 0 bridgehead atoms. The fourth-order valence-corrected chi connectivity index (χ4v) is 3.01. The second kappa shape index (κ2) is 5.44. The van der Waals surface area contributed by atoms with Gasteiger partial charge in [-0.3, -0.25) is 0 Å². The van der Waals surface area contributed by atoms with E-state index in [1.165, 1.54) is 11.3 Å². The Bertz CT molecular complexity index is 985. The zero-order chi connectivity index (χ0) is 15.8. The lowest BCUT2D eigenvalue weighted by Gasteiger charge is -2.02. The molecule has 0 spiro atoms. The van der Waals surface area contributed by atoms with Crippen molar-refractivity contribution < 1.29 is 9.53 Å². The van der Waals surface area contributed by atoms with E-state index in [1.807, 2.05) is 54.8 Å². The number of carbonyl (C=O) groups is 1. The fourth-order valence-electron chi connectivity index (χ4n) is 2.44. The zero-order valence-electron chi connectivity index (χ0n) is 12.3. The van der Waals surface area contributed by atoms with Gasteiger partial charge in [-0.25, -0.2) is 14.8 Å². The molecule has 4 nitrogen and oxygen atoms in total. The van der Waals surface area contributed by atoms with Crippen molar-refractivity contribution in [1.29, 1.82) is 0 Å². The van der Waals surface area contributed by atoms with Gasteiger partial charge in [-0.05, 0) is 35.9 Å². The van der Waals surface area contributed by atoms with E-state index < -0.39 is 5.97 Å². The third-order valence-corrected chi connectivity index (χ3v) is 4.33. The average Bonchev–Trinajstić information content (AvgIpc) is 3.13. The summed E-state index contributed by atoms with van der Waals surface area (Å²) in [5.41, 5.74) is 1.79. The Hall–Kier alpha value is -2.79. The molecule has 1 aliphatic rings. The van der Waals surface area contributed by atoms with Gasteiger partial charge in [0.1, 0.15) is 0 Å². The number of thiazole rings is 1. The van der Waals surface area contributed by atoms with E-state index in [4.69, 9.17) is 4.74 Å². The lowest BCUT2D eigenvalue weighted by atomic mass is 10.1. The molecule has 2 aromatic carbocycles. The maximum Gasteiger partial charge on any atom is 0.363 e. The van der Waals surface area contributed by atoms with Crippen molar-refractivity contribution in [1.82, 2.24) is 4.98 Å². The van der Waals surface area contributed by atoms with Gasteiger partial charge in [0.15, 0.2) is 5.70 Å². The Kier molecular flexibility index (Phi) is 3.28. The van der Waals surface area contributed by atoms with Gasteiger partial charge >= 0.3 is 5.97 Å². The number of benzene rings is 2. The van der Waals surface area contributed by atoms with Crippen LogP contribution in [0.5, 0.6) is 0 Å². The van der Waals surface area contributed by atoms with Crippen molar-refractivity contribution >= 4 is 40.1 Å². The number of fused-ring (bicyclic) bond motifs is 1. The van der Waals surface area contributed by atoms with Gasteiger partial charge < -0.3 is 4.74 Å². The average molecular weight is 320 g/mol. The summed E-state index contributed by atoms with van der Waals surface area (Å²) in [6.45, 7) is 1.92. The summed E-state index contributed by atoms with van der Waals surface area (Å²) in [4.78, 5) is 20.6. The first-order valence-electron chi connectivity index (χ1n) is 7.13. The summed E-state index contributed by atoms with van der Waals surface area (Å²) in [5.74, 6) is -0.113. The Morgan fingerprint density at radius 1 is 1.13 bits per heavy atom. The Morgan fingerprint density at radius 3 is 2.74 bits per heavy atom. The molecule has 23 heavy (non-hydrogen) atoms. The highest BCUT2D eigenvalue weighted by molar-refractivity contribution is 7.09. The number of aryl methyl sites for hydroxylation is 1. The largest absolute Gasteiger partial charge is 0.402 e. The Morgan fingerprint density at radius 2 is 1.96 bits per heavy atom. The van der Waals surface area contributed by atoms with Crippen molar-refractivity contribution in [3.63, 3.8) is 0 Å². The van der Waals surface area contributed by atoms with E-state index in [-0.39, 0.29) is 5.70 Å². The maximum atomic E-state index is 12.0. The highest BCUT2D eigenvalue weighted by atomic mass is 32.1. The van der Waals surface area contributed by atoms with Crippen molar-refractivity contribution in [2.24, 2.45) is 4.99 Å². The van der Waals surface area contributed by atoms with Gasteiger partial charge in [0.05, 0.1) is 10.7 Å². The Balaban J connectivity index is 1.72. The quantitative estimate of drug-likeness (QED) is 0.531. The summed E-state index contributed by atoms with van der Waals surface area (Å²) in [6, 6.07) is 13.9. The number of aliphatic imine (C=N–C) groups is 1. The standard InChI is InChI=1S/C18H12N2O2S/c1-11-19-15(10-23-11)9-16-18(21)22-17(20-16)14-7-6-12-4-2-3-5-13(12)8-14/h2-10H,1H3/b16-9-. The highest BCUT2D eigenvalue weighted by Gasteiger charge is 2.24. The second-order valence-corrected chi connectivity index (χ2v) is 6.25. The molecule has 2 heterocycles. The van der Waals surface area contributed by atoms with Crippen LogP contribution in [-0.2, 0) is 9.53 Å². The highest BCUT2D eigenvalue weighted by Crippen LogP contribution is 2.22. The van der Waals surface area contributed by atoms with E-state index >= 15 is 0 Å². The molecule has 0 aliphatic carbocycles. The van der Waals surface area contributed by atoms with Crippen LogP contribution in [0.25, 0.3) is 16.8 Å². The van der Waals surface area contributed by atoms with Gasteiger partial charge in [-0.2, -0.15) is 0 Å². The fraction of sp³-hybridized carbons (Fsp3) is 0.0556. The van der Waals surface area contributed by atoms with Crippen molar-refractivity contribution in [3.8, 4) is 0 Å². The third-order valence-electron chi connectivity index (χ3n) is 3.54. The van der Waals surface area contributed by atoms with Crippen LogP contribution in [0.1, 0.15) is 16.3 Å². The molecule has 112 valence electrons. The molecular weight excluding hydrogens is 308 g/mol. The number of hydrogen-bond donors (Lipinski definition) is 0. The lowest BCUT2D eigenvalue weighted by molar-refractivity contribution is -0.129. The van der Waals surface area contributed by atoms with Gasteiger partial charge in [-0.1, -0.05) is 30.3 Å². The number of nitrogens with zero attached hydrogens (tertiary/aromatic N) is 2. The van der Waals surface area contributed by atoms with E-state index in [1.54, 1.807) is 6.08 Å². The van der Waals surface area contributed by atoms with Crippen molar-refractivity contribution in [2.45, 2.75) is 6.92 Å². The van der Waals surface area contributed by atoms with Crippen LogP contribution in [0.2, 0.25) is 0 Å². The topological polar surface area (TPSA) is 51.6 Å². The molecular formula is C18H12N2O2S. The number of hydrogen-bond acceptors (Lipinski definition) is 5. The van der Waals surface area contributed by atoms with Crippen LogP contribution >= 0.6 is 11.3 Å². The molecule has 0 fully saturated rings. The number of cyclic esters (lactones) is 1. The molecule has 1 aliphatic heterocycles. The number of rotatable bonds is 2. The van der Waals surface area contributed by atoms with E-state index in [0.717, 1.165) is 27.0 Å². The van der Waals surface area contributed by atoms with E-state index in [0.29, 0.717) is 5.90 Å². The number of ether oxygens (including phenoxy) is 1. The monoisotopic (exact) mass is 320 g/mol. The molecule has 0 N–H and O–H groups in total. The minimum absolute atomic E-state index is 0.276. The van der Waals surface area contributed by atoms with E-state index in [9.17, 15) is 4.79 Å². The first kappa shape index (κ1) is 13.8. The molecule has 1 aromatic heterocycles. The predicted molar refractivity (Wildman–Crippen MR) is 91.4 cm³/mol. The summed E-state index contributed by atoms with van der Waals surface area (Å²) < 4.78 is 5.31. The summed E-state index contributed by atoms with van der Waals surface area (Å²) in [7, 11) is 0. The summed E-state index contributed by atoms with van der Waals surface area (Å²) in [6.07, 6.45) is 1.65. The summed E-state index contributed by atoms with van der Waals surface area (Å²) >= 11 is 1.53. The minimum Gasteiger partial charge on any atom is -0.402 e. The smallest absolute Gasteiger partial charge is 0.363 e. The van der Waals surface area contributed by atoms with Crippen molar-refractivity contribution in [3.05, 3.63) is 69.8 Å². The minimum atomic E-state index is -0.446. The maximum absolute atomic E-state index is 12.0. The van der Waals surface area contributed by atoms with Crippen LogP contribution in [0, 0.1) is 6.92 Å². The first-order chi connectivity index (χ1) is 11.2. The molecule has 0 unspecified atom stereocenters. The molecule has 0 radical (unpaired) electrons. The van der Waals surface area contributed by atoms with Gasteiger partial charge in [0, 0.05) is 10.9 Å². The van der Waals surface area contributed by atoms with Crippen LogP contribution in [0.4, 0.5) is 0 Å². The SMILES string of the molecule is Cc1nc(/C=C2\N=C(c3ccc4ccccc4c3)OC2=O)cs1. The molecule has 0 saturated heterocycles. The predicted octanol–water partition coefficient (Wildman–Crippen LogP) is 3.95. The first-order valence-corrected chi connectivity index (χ1v) is 8.01. The summed E-state index contributed by atoms with van der Waals surface area (Å²) in [5, 5.41) is 5.05. The van der Waals surface area contributed by atoms with Gasteiger partial charge in [-0.15, -0.1) is 11.3 Å². The van der Waals surface area contributed by atoms with Crippen LogP contribution < -0.4 is 0 Å². The molecule has 5 heteroatoms. The molecule has 3 aromatic rings. The second-order valence-electron chi connectivity index (χ2n) is 5.19. The van der Waals surface area contributed by atoms with Crippen LogP contribution in [-0.4, -0.2) is 16.9 Å². The zero-order valence-corrected chi connectivity index (χ0v) is 13.1. The van der Waals surface area contributed by atoms with Crippen molar-refractivity contribution in [2.75, 3.05) is 0 Å². The van der Waals surface area contributed by atoms with E-state index in [2.05, 4.69) is 9.98 Å². The number of carbonyl (C=O) groups excluding carboxylic acids is 1. The van der Waals surface area contributed by atoms with Crippen LogP contribution in [0.3, 0.4) is 0 Å². The third kappa shape index (κ3) is 2.66. The normalized spacial score (nSPS) is 16.0. The molecule has 0 saturated carbocycles. The Labute approximate surface area is 136 Å². The van der Waals surface area contributed by atoms with Gasteiger partial charge in [0.2, 0.25) is 5.90 Å². The number of aromatic nitrogens is 1. The van der Waals surface area contributed by atoms with Gasteiger partial charge in [0.25, 0.3) is 0 Å². The molecule has 0 atom stereocenters. The van der Waals surface area contributed by atoms with Crippen LogP contribution in [0.15, 0.2) is 58.5 Å². The molecule has 0 amide bonds. The number of esters is 1.